The molecule has 0 radical (unpaired) electrons. The monoisotopic (exact) mass is 185 g/mol. The van der Waals surface area contributed by atoms with Crippen molar-refractivity contribution < 1.29 is 4.79 Å². The summed E-state index contributed by atoms with van der Waals surface area (Å²) in [4.78, 5) is 13.4. The standard InChI is InChI=1S/C9H19N3O/c1-8(2)11-9(13)12-6-3-4-10-5-7-12/h8,10H,3-7H2,1-2H3,(H,11,13). The third-order valence-corrected chi connectivity index (χ3v) is 2.04. The lowest BCUT2D eigenvalue weighted by Crippen LogP contribution is -2.44. The molecule has 0 aromatic rings. The van der Waals surface area contributed by atoms with Gasteiger partial charge in [-0.25, -0.2) is 4.79 Å². The molecule has 76 valence electrons. The highest BCUT2D eigenvalue weighted by atomic mass is 16.2. The van der Waals surface area contributed by atoms with Crippen molar-refractivity contribution in [3.05, 3.63) is 0 Å². The van der Waals surface area contributed by atoms with E-state index in [4.69, 9.17) is 0 Å². The number of carbonyl (C=O) groups is 1. The Morgan fingerprint density at radius 1 is 1.38 bits per heavy atom. The maximum Gasteiger partial charge on any atom is 0.317 e. The Morgan fingerprint density at radius 3 is 2.85 bits per heavy atom. The molecule has 1 saturated heterocycles. The summed E-state index contributed by atoms with van der Waals surface area (Å²) in [6.07, 6.45) is 1.05. The molecular weight excluding hydrogens is 166 g/mol. The van der Waals surface area contributed by atoms with E-state index in [1.807, 2.05) is 18.7 Å². The van der Waals surface area contributed by atoms with Crippen molar-refractivity contribution in [3.8, 4) is 0 Å². The van der Waals surface area contributed by atoms with E-state index in [0.29, 0.717) is 0 Å². The molecule has 1 aliphatic heterocycles. The second-order valence-corrected chi connectivity index (χ2v) is 3.69. The number of urea groups is 1. The summed E-state index contributed by atoms with van der Waals surface area (Å²) < 4.78 is 0. The van der Waals surface area contributed by atoms with E-state index in [-0.39, 0.29) is 12.1 Å². The van der Waals surface area contributed by atoms with Crippen molar-refractivity contribution in [2.24, 2.45) is 0 Å². The van der Waals surface area contributed by atoms with Crippen LogP contribution in [-0.2, 0) is 0 Å². The highest BCUT2D eigenvalue weighted by Gasteiger charge is 2.14. The lowest BCUT2D eigenvalue weighted by Gasteiger charge is -2.21. The van der Waals surface area contributed by atoms with E-state index in [0.717, 1.165) is 32.6 Å². The molecule has 4 heteroatoms. The molecule has 1 heterocycles. The van der Waals surface area contributed by atoms with Crippen LogP contribution in [-0.4, -0.2) is 43.2 Å². The second kappa shape index (κ2) is 5.07. The first kappa shape index (κ1) is 10.3. The normalized spacial score (nSPS) is 18.5. The van der Waals surface area contributed by atoms with E-state index in [1.54, 1.807) is 0 Å². The molecule has 0 unspecified atom stereocenters. The molecule has 4 nitrogen and oxygen atoms in total. The van der Waals surface area contributed by atoms with Crippen LogP contribution in [0.5, 0.6) is 0 Å². The van der Waals surface area contributed by atoms with Gasteiger partial charge in [0, 0.05) is 25.7 Å². The first-order valence-electron chi connectivity index (χ1n) is 4.96. The van der Waals surface area contributed by atoms with Gasteiger partial charge in [-0.05, 0) is 26.8 Å². The van der Waals surface area contributed by atoms with Crippen LogP contribution in [0, 0.1) is 0 Å². The van der Waals surface area contributed by atoms with Crippen LogP contribution in [0.4, 0.5) is 4.79 Å². The molecule has 0 aliphatic carbocycles. The first-order valence-corrected chi connectivity index (χ1v) is 4.96. The van der Waals surface area contributed by atoms with Gasteiger partial charge in [-0.3, -0.25) is 0 Å². The van der Waals surface area contributed by atoms with Crippen LogP contribution in [0.2, 0.25) is 0 Å². The molecule has 0 aromatic heterocycles. The average Bonchev–Trinajstić information content (AvgIpc) is 2.29. The second-order valence-electron chi connectivity index (χ2n) is 3.69. The van der Waals surface area contributed by atoms with Gasteiger partial charge in [0.05, 0.1) is 0 Å². The maximum absolute atomic E-state index is 11.5. The number of carbonyl (C=O) groups excluding carboxylic acids is 1. The highest BCUT2D eigenvalue weighted by molar-refractivity contribution is 5.74. The van der Waals surface area contributed by atoms with Crippen LogP contribution >= 0.6 is 0 Å². The summed E-state index contributed by atoms with van der Waals surface area (Å²) in [5.41, 5.74) is 0. The predicted octanol–water partition coefficient (Wildman–Crippen LogP) is 0.400. The molecule has 0 aromatic carbocycles. The number of amides is 2. The van der Waals surface area contributed by atoms with Gasteiger partial charge >= 0.3 is 6.03 Å². The van der Waals surface area contributed by atoms with Gasteiger partial charge in [-0.2, -0.15) is 0 Å². The lowest BCUT2D eigenvalue weighted by atomic mass is 10.4. The zero-order valence-electron chi connectivity index (χ0n) is 8.47. The van der Waals surface area contributed by atoms with Gasteiger partial charge < -0.3 is 15.5 Å². The number of rotatable bonds is 1. The molecule has 0 spiro atoms. The zero-order chi connectivity index (χ0) is 9.68. The highest BCUT2D eigenvalue weighted by Crippen LogP contribution is 1.96. The van der Waals surface area contributed by atoms with E-state index in [1.165, 1.54) is 0 Å². The fourth-order valence-electron chi connectivity index (χ4n) is 1.39. The predicted molar refractivity (Wildman–Crippen MR) is 52.7 cm³/mol. The van der Waals surface area contributed by atoms with Crippen molar-refractivity contribution in [1.29, 1.82) is 0 Å². The van der Waals surface area contributed by atoms with Crippen LogP contribution in [0.15, 0.2) is 0 Å². The Labute approximate surface area is 79.7 Å². The van der Waals surface area contributed by atoms with E-state index < -0.39 is 0 Å². The Kier molecular flexibility index (Phi) is 4.02. The lowest BCUT2D eigenvalue weighted by molar-refractivity contribution is 0.198. The molecule has 2 N–H and O–H groups in total. The van der Waals surface area contributed by atoms with Crippen molar-refractivity contribution in [2.45, 2.75) is 26.3 Å². The smallest absolute Gasteiger partial charge is 0.317 e. The third-order valence-electron chi connectivity index (χ3n) is 2.04. The molecule has 1 rings (SSSR count). The summed E-state index contributed by atoms with van der Waals surface area (Å²) in [5, 5.41) is 6.16. The topological polar surface area (TPSA) is 44.4 Å². The van der Waals surface area contributed by atoms with Crippen molar-refractivity contribution in [3.63, 3.8) is 0 Å². The number of hydrogen-bond acceptors (Lipinski definition) is 2. The summed E-state index contributed by atoms with van der Waals surface area (Å²) >= 11 is 0. The maximum atomic E-state index is 11.5. The first-order chi connectivity index (χ1) is 6.20. The minimum absolute atomic E-state index is 0.0682. The summed E-state index contributed by atoms with van der Waals surface area (Å²) in [6.45, 7) is 7.57. The Balaban J connectivity index is 2.35. The average molecular weight is 185 g/mol. The van der Waals surface area contributed by atoms with Crippen LogP contribution in [0.3, 0.4) is 0 Å². The largest absolute Gasteiger partial charge is 0.336 e. The van der Waals surface area contributed by atoms with E-state index in [9.17, 15) is 4.79 Å². The van der Waals surface area contributed by atoms with E-state index in [2.05, 4.69) is 10.6 Å². The number of nitrogens with one attached hydrogen (secondary N) is 2. The summed E-state index contributed by atoms with van der Waals surface area (Å²) in [6, 6.07) is 0.294. The Hall–Kier alpha value is -0.770. The van der Waals surface area contributed by atoms with Crippen LogP contribution in [0.25, 0.3) is 0 Å². The van der Waals surface area contributed by atoms with Crippen molar-refractivity contribution in [2.75, 3.05) is 26.2 Å². The minimum Gasteiger partial charge on any atom is -0.336 e. The Morgan fingerprint density at radius 2 is 2.15 bits per heavy atom. The third kappa shape index (κ3) is 3.63. The molecule has 0 bridgehead atoms. The quantitative estimate of drug-likeness (QED) is 0.621. The van der Waals surface area contributed by atoms with Gasteiger partial charge in [-0.15, -0.1) is 0 Å². The number of hydrogen-bond donors (Lipinski definition) is 2. The van der Waals surface area contributed by atoms with Gasteiger partial charge in [0.1, 0.15) is 0 Å². The van der Waals surface area contributed by atoms with Gasteiger partial charge in [0.25, 0.3) is 0 Å². The molecule has 2 amide bonds. The van der Waals surface area contributed by atoms with E-state index >= 15 is 0 Å². The molecule has 0 saturated carbocycles. The van der Waals surface area contributed by atoms with Crippen molar-refractivity contribution in [1.82, 2.24) is 15.5 Å². The fourth-order valence-corrected chi connectivity index (χ4v) is 1.39. The molecule has 13 heavy (non-hydrogen) atoms. The number of nitrogens with zero attached hydrogens (tertiary/aromatic N) is 1. The SMILES string of the molecule is CC(C)NC(=O)N1CCCNCC1. The van der Waals surface area contributed by atoms with Gasteiger partial charge in [0.15, 0.2) is 0 Å². The van der Waals surface area contributed by atoms with Crippen LogP contribution < -0.4 is 10.6 Å². The molecule has 1 fully saturated rings. The van der Waals surface area contributed by atoms with Crippen molar-refractivity contribution >= 4 is 6.03 Å². The minimum atomic E-state index is 0.0682. The summed E-state index contributed by atoms with van der Waals surface area (Å²) in [5.74, 6) is 0. The van der Waals surface area contributed by atoms with Crippen LogP contribution in [0.1, 0.15) is 20.3 Å². The molecule has 0 atom stereocenters. The zero-order valence-corrected chi connectivity index (χ0v) is 8.47. The van der Waals surface area contributed by atoms with Gasteiger partial charge in [-0.1, -0.05) is 0 Å². The molecular formula is C9H19N3O. The summed E-state index contributed by atoms with van der Waals surface area (Å²) in [7, 11) is 0. The Bertz CT molecular complexity index is 162. The molecule has 1 aliphatic rings. The van der Waals surface area contributed by atoms with Gasteiger partial charge in [0.2, 0.25) is 0 Å². The fraction of sp³-hybridized carbons (Fsp3) is 0.889.